The Hall–Kier alpha value is -2.29. The summed E-state index contributed by atoms with van der Waals surface area (Å²) in [5.74, 6) is -2.22. The second kappa shape index (κ2) is 6.45. The number of rotatable bonds is 2. The van der Waals surface area contributed by atoms with Crippen LogP contribution in [0.2, 0.25) is 0 Å². The van der Waals surface area contributed by atoms with Gasteiger partial charge in [0.2, 0.25) is 0 Å². The van der Waals surface area contributed by atoms with Crippen LogP contribution in [0.3, 0.4) is 0 Å². The van der Waals surface area contributed by atoms with E-state index in [9.17, 15) is 13.6 Å². The summed E-state index contributed by atoms with van der Waals surface area (Å²) in [7, 11) is 0. The highest BCUT2D eigenvalue weighted by molar-refractivity contribution is 6.24. The van der Waals surface area contributed by atoms with Crippen molar-refractivity contribution in [3.63, 3.8) is 0 Å². The Morgan fingerprint density at radius 1 is 1.22 bits per heavy atom. The van der Waals surface area contributed by atoms with Crippen LogP contribution in [0.4, 0.5) is 8.78 Å². The first kappa shape index (κ1) is 15.6. The van der Waals surface area contributed by atoms with Gasteiger partial charge in [-0.15, -0.1) is 0 Å². The van der Waals surface area contributed by atoms with Crippen LogP contribution in [-0.4, -0.2) is 5.78 Å². The van der Waals surface area contributed by atoms with Crippen molar-refractivity contribution in [2.45, 2.75) is 19.8 Å². The maximum atomic E-state index is 14.3. The quantitative estimate of drug-likeness (QED) is 0.736. The highest BCUT2D eigenvalue weighted by atomic mass is 19.1. The molecule has 1 nitrogen and oxygen atoms in total. The maximum absolute atomic E-state index is 14.3. The molecule has 118 valence electrons. The molecule has 0 aromatic heterocycles. The molecule has 0 spiro atoms. The number of hydrogen-bond acceptors (Lipinski definition) is 1. The Kier molecular flexibility index (Phi) is 4.37. The normalized spacial score (nSPS) is 24.7. The fourth-order valence-corrected chi connectivity index (χ4v) is 3.39. The minimum Gasteiger partial charge on any atom is -0.293 e. The summed E-state index contributed by atoms with van der Waals surface area (Å²) in [5.41, 5.74) is 1.35. The molecule has 3 rings (SSSR count). The van der Waals surface area contributed by atoms with Crippen molar-refractivity contribution >= 4 is 11.4 Å². The molecular weight excluding hydrogens is 294 g/mol. The number of ketones is 1. The van der Waals surface area contributed by atoms with E-state index in [1.165, 1.54) is 12.1 Å². The van der Waals surface area contributed by atoms with E-state index >= 15 is 0 Å². The summed E-state index contributed by atoms with van der Waals surface area (Å²) in [6, 6.07) is 6.20. The number of allylic oxidation sites excluding steroid dienone is 8. The molecule has 0 fully saturated rings. The number of Topliss-reactive ketones (excluding diaryl/α,β-unsaturated/α-hetero) is 1. The van der Waals surface area contributed by atoms with E-state index in [1.54, 1.807) is 24.3 Å². The van der Waals surface area contributed by atoms with Crippen molar-refractivity contribution in [1.82, 2.24) is 0 Å². The number of hydrogen-bond donors (Lipinski definition) is 0. The van der Waals surface area contributed by atoms with Gasteiger partial charge in [-0.05, 0) is 43.4 Å². The molecule has 1 aromatic rings. The van der Waals surface area contributed by atoms with Crippen molar-refractivity contribution in [2.75, 3.05) is 0 Å². The Labute approximate surface area is 134 Å². The predicted molar refractivity (Wildman–Crippen MR) is 87.7 cm³/mol. The number of fused-ring (bicyclic) bond motifs is 1. The second-order valence-electron chi connectivity index (χ2n) is 5.86. The fraction of sp³-hybridized carbons (Fsp3) is 0.250. The molecule has 1 aromatic carbocycles. The average Bonchev–Trinajstić information content (AvgIpc) is 2.67. The van der Waals surface area contributed by atoms with E-state index < -0.39 is 17.6 Å². The zero-order valence-corrected chi connectivity index (χ0v) is 12.9. The Balaban J connectivity index is 2.18. The molecule has 0 amide bonds. The van der Waals surface area contributed by atoms with E-state index in [0.717, 1.165) is 5.57 Å². The van der Waals surface area contributed by atoms with Crippen LogP contribution in [0.5, 0.6) is 0 Å². The molecule has 2 aliphatic rings. The van der Waals surface area contributed by atoms with Crippen molar-refractivity contribution in [1.29, 1.82) is 0 Å². The lowest BCUT2D eigenvalue weighted by Gasteiger charge is -2.23. The van der Waals surface area contributed by atoms with Crippen LogP contribution in [-0.2, 0) is 4.79 Å². The molecule has 0 saturated heterocycles. The minimum atomic E-state index is -0.836. The SMILES string of the molecule is C/C=C\C1=C(c2ccccc2F)C(=O)C2C(F)=CC=CC2CC1. The topological polar surface area (TPSA) is 17.1 Å². The Bertz CT molecular complexity index is 753. The Morgan fingerprint density at radius 2 is 2.00 bits per heavy atom. The number of halogens is 2. The van der Waals surface area contributed by atoms with Gasteiger partial charge in [0.25, 0.3) is 0 Å². The number of carbonyl (C=O) groups is 1. The minimum absolute atomic E-state index is 0.169. The lowest BCUT2D eigenvalue weighted by Crippen LogP contribution is -2.25. The van der Waals surface area contributed by atoms with Crippen molar-refractivity contribution in [2.24, 2.45) is 11.8 Å². The van der Waals surface area contributed by atoms with Gasteiger partial charge in [0.1, 0.15) is 11.6 Å². The Morgan fingerprint density at radius 3 is 2.74 bits per heavy atom. The molecule has 3 heteroatoms. The summed E-state index contributed by atoms with van der Waals surface area (Å²) in [5, 5.41) is 0. The van der Waals surface area contributed by atoms with Gasteiger partial charge < -0.3 is 0 Å². The van der Waals surface area contributed by atoms with E-state index in [2.05, 4.69) is 0 Å². The van der Waals surface area contributed by atoms with E-state index in [1.807, 2.05) is 25.2 Å². The summed E-state index contributed by atoms with van der Waals surface area (Å²) >= 11 is 0. The van der Waals surface area contributed by atoms with Crippen LogP contribution < -0.4 is 0 Å². The zero-order chi connectivity index (χ0) is 16.4. The molecule has 23 heavy (non-hydrogen) atoms. The molecule has 2 aliphatic carbocycles. The third kappa shape index (κ3) is 2.83. The molecule has 0 bridgehead atoms. The summed E-state index contributed by atoms with van der Waals surface area (Å²) in [6.45, 7) is 1.86. The first-order chi connectivity index (χ1) is 11.1. The maximum Gasteiger partial charge on any atom is 0.174 e. The predicted octanol–water partition coefficient (Wildman–Crippen LogP) is 5.17. The molecule has 0 saturated carbocycles. The van der Waals surface area contributed by atoms with Gasteiger partial charge in [-0.2, -0.15) is 0 Å². The van der Waals surface area contributed by atoms with Gasteiger partial charge in [-0.1, -0.05) is 42.5 Å². The molecule has 0 aliphatic heterocycles. The molecule has 0 radical (unpaired) electrons. The van der Waals surface area contributed by atoms with E-state index in [-0.39, 0.29) is 17.3 Å². The average molecular weight is 312 g/mol. The first-order valence-corrected chi connectivity index (χ1v) is 7.82. The van der Waals surface area contributed by atoms with Crippen LogP contribution in [0, 0.1) is 17.7 Å². The molecule has 0 N–H and O–H groups in total. The lowest BCUT2D eigenvalue weighted by molar-refractivity contribution is -0.117. The van der Waals surface area contributed by atoms with Gasteiger partial charge in [0.15, 0.2) is 5.78 Å². The zero-order valence-electron chi connectivity index (χ0n) is 12.9. The van der Waals surface area contributed by atoms with Crippen LogP contribution in [0.25, 0.3) is 5.57 Å². The highest BCUT2D eigenvalue weighted by Crippen LogP contribution is 2.41. The third-order valence-corrected chi connectivity index (χ3v) is 4.45. The largest absolute Gasteiger partial charge is 0.293 e. The van der Waals surface area contributed by atoms with Gasteiger partial charge in [-0.3, -0.25) is 4.79 Å². The number of benzene rings is 1. The van der Waals surface area contributed by atoms with Crippen LogP contribution >= 0.6 is 0 Å². The van der Waals surface area contributed by atoms with Gasteiger partial charge in [0.05, 0.1) is 5.92 Å². The van der Waals surface area contributed by atoms with E-state index in [0.29, 0.717) is 18.4 Å². The van der Waals surface area contributed by atoms with E-state index in [4.69, 9.17) is 0 Å². The molecule has 0 heterocycles. The lowest BCUT2D eigenvalue weighted by atomic mass is 9.80. The number of carbonyl (C=O) groups excluding carboxylic acids is 1. The highest BCUT2D eigenvalue weighted by Gasteiger charge is 2.38. The standard InChI is InChI=1S/C20H18F2O/c1-2-6-13-11-12-14-7-5-10-17(22)19(14)20(23)18(13)15-8-3-4-9-16(15)21/h2-10,14,19H,11-12H2,1H3/b6-2-. The van der Waals surface area contributed by atoms with Crippen molar-refractivity contribution in [3.8, 4) is 0 Å². The smallest absolute Gasteiger partial charge is 0.174 e. The third-order valence-electron chi connectivity index (χ3n) is 4.45. The summed E-state index contributed by atoms with van der Waals surface area (Å²) in [6.07, 6.45) is 9.84. The molecule has 2 atom stereocenters. The van der Waals surface area contributed by atoms with Gasteiger partial charge in [0, 0.05) is 11.1 Å². The van der Waals surface area contributed by atoms with Gasteiger partial charge >= 0.3 is 0 Å². The van der Waals surface area contributed by atoms with Crippen LogP contribution in [0.15, 0.2) is 66.0 Å². The van der Waals surface area contributed by atoms with Crippen molar-refractivity contribution in [3.05, 3.63) is 77.4 Å². The summed E-state index contributed by atoms with van der Waals surface area (Å²) < 4.78 is 28.6. The monoisotopic (exact) mass is 312 g/mol. The van der Waals surface area contributed by atoms with Gasteiger partial charge in [-0.25, -0.2) is 8.78 Å². The first-order valence-electron chi connectivity index (χ1n) is 7.82. The molecular formula is C20H18F2O. The second-order valence-corrected chi connectivity index (χ2v) is 5.86. The summed E-state index contributed by atoms with van der Waals surface area (Å²) in [4.78, 5) is 13.1. The fourth-order valence-electron chi connectivity index (χ4n) is 3.39. The van der Waals surface area contributed by atoms with Crippen LogP contribution in [0.1, 0.15) is 25.3 Å². The van der Waals surface area contributed by atoms with Crippen molar-refractivity contribution < 1.29 is 13.6 Å². The molecule has 2 unspecified atom stereocenters.